The lowest BCUT2D eigenvalue weighted by atomic mass is 9.96. The van der Waals surface area contributed by atoms with Crippen LogP contribution in [-0.2, 0) is 16.0 Å². The summed E-state index contributed by atoms with van der Waals surface area (Å²) in [5, 5.41) is 13.6. The zero-order valence-electron chi connectivity index (χ0n) is 24.7. The first-order valence-electron chi connectivity index (χ1n) is 13.8. The summed E-state index contributed by atoms with van der Waals surface area (Å²) in [5.74, 6) is -0.0948. The van der Waals surface area contributed by atoms with Gasteiger partial charge in [0.2, 0.25) is 5.91 Å². The number of aliphatic hydroxyl groups is 1. The maximum absolute atomic E-state index is 12.2. The van der Waals surface area contributed by atoms with E-state index in [2.05, 4.69) is 28.3 Å². The highest BCUT2D eigenvalue weighted by molar-refractivity contribution is 5.75. The van der Waals surface area contributed by atoms with Gasteiger partial charge in [-0.2, -0.15) is 0 Å². The molecule has 0 fully saturated rings. The number of nitrogens with one attached hydrogen (secondary N) is 3. The molecule has 0 heterocycles. The largest absolute Gasteiger partial charge is 0.444 e. The number of anilines is 1. The Morgan fingerprint density at radius 3 is 1.98 bits per heavy atom. The Morgan fingerprint density at radius 1 is 0.850 bits per heavy atom. The van der Waals surface area contributed by atoms with Crippen molar-refractivity contribution in [1.29, 1.82) is 0 Å². The second-order valence-corrected chi connectivity index (χ2v) is 10.9. The summed E-state index contributed by atoms with van der Waals surface area (Å²) < 4.78 is 5.36. The van der Waals surface area contributed by atoms with Crippen molar-refractivity contribution in [3.8, 4) is 0 Å². The molecule has 4 N–H and O–H groups in total. The molecule has 0 aliphatic rings. The highest BCUT2D eigenvalue weighted by Gasteiger charge is 2.25. The molecule has 0 saturated heterocycles. The van der Waals surface area contributed by atoms with E-state index in [1.54, 1.807) is 0 Å². The number of aryl methyl sites for hydroxylation is 3. The van der Waals surface area contributed by atoms with Crippen LogP contribution in [0.25, 0.3) is 0 Å². The van der Waals surface area contributed by atoms with Crippen LogP contribution in [0.15, 0.2) is 78.9 Å². The number of hydrogen-bond acceptors (Lipinski definition) is 5. The summed E-state index contributed by atoms with van der Waals surface area (Å²) in [4.78, 5) is 22.9. The van der Waals surface area contributed by atoms with Crippen LogP contribution in [0.2, 0.25) is 0 Å². The molecule has 0 radical (unpaired) electrons. The Bertz CT molecular complexity index is 1160. The highest BCUT2D eigenvalue weighted by Crippen LogP contribution is 2.22. The Morgan fingerprint density at radius 2 is 1.43 bits per heavy atom. The van der Waals surface area contributed by atoms with Crippen molar-refractivity contribution in [2.24, 2.45) is 0 Å². The van der Waals surface area contributed by atoms with Crippen molar-refractivity contribution in [2.75, 3.05) is 5.43 Å². The average molecular weight is 548 g/mol. The molecule has 40 heavy (non-hydrogen) atoms. The number of ether oxygens (including phenoxy) is 1. The number of amides is 2. The minimum atomic E-state index is -0.671. The average Bonchev–Trinajstić information content (AvgIpc) is 2.90. The first-order valence-corrected chi connectivity index (χ1v) is 13.8. The molecule has 0 aromatic heterocycles. The molecular formula is C33H45N3O4. The number of benzene rings is 3. The smallest absolute Gasteiger partial charge is 0.408 e. The third kappa shape index (κ3) is 12.3. The molecule has 3 aromatic carbocycles. The van der Waals surface area contributed by atoms with Gasteiger partial charge in [-0.05, 0) is 76.1 Å². The molecule has 3 rings (SSSR count). The van der Waals surface area contributed by atoms with E-state index in [1.165, 1.54) is 12.5 Å². The highest BCUT2D eigenvalue weighted by atomic mass is 16.6. The van der Waals surface area contributed by atoms with E-state index in [9.17, 15) is 14.7 Å². The monoisotopic (exact) mass is 547 g/mol. The molecule has 0 bridgehead atoms. The van der Waals surface area contributed by atoms with Crippen LogP contribution < -0.4 is 16.2 Å². The van der Waals surface area contributed by atoms with Crippen LogP contribution in [-0.4, -0.2) is 28.8 Å². The number of para-hydroxylation sites is 1. The van der Waals surface area contributed by atoms with Crippen LogP contribution >= 0.6 is 0 Å². The fourth-order valence-electron chi connectivity index (χ4n) is 4.15. The van der Waals surface area contributed by atoms with Crippen molar-refractivity contribution in [1.82, 2.24) is 10.7 Å². The van der Waals surface area contributed by atoms with Crippen LogP contribution in [0.3, 0.4) is 0 Å². The van der Waals surface area contributed by atoms with Crippen LogP contribution in [0.4, 0.5) is 10.5 Å². The number of unbranched alkanes of at least 4 members (excludes halogenated alkanes) is 1. The Kier molecular flexibility index (Phi) is 13.2. The molecule has 0 aliphatic heterocycles. The number of alkyl carbamates (subject to hydrolysis) is 1. The van der Waals surface area contributed by atoms with Gasteiger partial charge in [-0.15, -0.1) is 0 Å². The minimum absolute atomic E-state index is 0.0948. The molecule has 216 valence electrons. The predicted octanol–water partition coefficient (Wildman–Crippen LogP) is 6.79. The van der Waals surface area contributed by atoms with E-state index >= 15 is 0 Å². The maximum Gasteiger partial charge on any atom is 0.408 e. The fraction of sp³-hybridized carbons (Fsp3) is 0.394. The van der Waals surface area contributed by atoms with E-state index < -0.39 is 23.8 Å². The number of aliphatic hydroxyl groups excluding tert-OH is 1. The lowest BCUT2D eigenvalue weighted by Gasteiger charge is -2.27. The lowest BCUT2D eigenvalue weighted by Crippen LogP contribution is -2.39. The summed E-state index contributed by atoms with van der Waals surface area (Å²) in [7, 11) is 0. The Labute approximate surface area is 239 Å². The van der Waals surface area contributed by atoms with Gasteiger partial charge < -0.3 is 15.2 Å². The lowest BCUT2D eigenvalue weighted by molar-refractivity contribution is -0.118. The molecule has 7 nitrogen and oxygen atoms in total. The van der Waals surface area contributed by atoms with Gasteiger partial charge in [0.25, 0.3) is 0 Å². The first kappa shape index (κ1) is 32.4. The molecule has 2 unspecified atom stereocenters. The van der Waals surface area contributed by atoms with Crippen molar-refractivity contribution in [3.05, 3.63) is 101 Å². The number of carbonyl (C=O) groups excluding carboxylic acids is 2. The predicted molar refractivity (Wildman–Crippen MR) is 162 cm³/mol. The van der Waals surface area contributed by atoms with Crippen molar-refractivity contribution < 1.29 is 19.4 Å². The molecule has 3 aromatic rings. The SMILES string of the molecule is CC(=O)NNc1c(C)cccc1C.CC(C)(C)OC(=O)NC(c1ccccc1)C(O)CCCCc1ccccc1. The van der Waals surface area contributed by atoms with E-state index in [0.29, 0.717) is 6.42 Å². The number of rotatable bonds is 10. The zero-order chi connectivity index (χ0) is 29.5. The summed E-state index contributed by atoms with van der Waals surface area (Å²) in [6, 6.07) is 25.4. The van der Waals surface area contributed by atoms with Crippen LogP contribution in [0.5, 0.6) is 0 Å². The van der Waals surface area contributed by atoms with Crippen LogP contribution in [0.1, 0.15) is 75.3 Å². The minimum Gasteiger partial charge on any atom is -0.444 e. The number of carbonyl (C=O) groups is 2. The number of hydrogen-bond donors (Lipinski definition) is 4. The van der Waals surface area contributed by atoms with Gasteiger partial charge in [-0.3, -0.25) is 15.6 Å². The fourth-order valence-corrected chi connectivity index (χ4v) is 4.15. The topological polar surface area (TPSA) is 99.7 Å². The quantitative estimate of drug-likeness (QED) is 0.165. The van der Waals surface area contributed by atoms with E-state index in [-0.39, 0.29) is 5.91 Å². The van der Waals surface area contributed by atoms with Crippen molar-refractivity contribution in [2.45, 2.75) is 85.0 Å². The second kappa shape index (κ2) is 16.3. The van der Waals surface area contributed by atoms with Gasteiger partial charge in [0.1, 0.15) is 5.60 Å². The van der Waals surface area contributed by atoms with E-state index in [0.717, 1.165) is 41.6 Å². The van der Waals surface area contributed by atoms with Gasteiger partial charge in [-0.25, -0.2) is 4.79 Å². The van der Waals surface area contributed by atoms with Gasteiger partial charge >= 0.3 is 6.09 Å². The second-order valence-electron chi connectivity index (χ2n) is 10.9. The first-order chi connectivity index (χ1) is 19.0. The van der Waals surface area contributed by atoms with Crippen molar-refractivity contribution in [3.63, 3.8) is 0 Å². The molecule has 2 atom stereocenters. The normalized spacial score (nSPS) is 12.3. The molecule has 0 spiro atoms. The third-order valence-corrected chi connectivity index (χ3v) is 6.12. The summed E-state index contributed by atoms with van der Waals surface area (Å²) in [6.45, 7) is 10.9. The standard InChI is InChI=1S/C23H31NO3.C10H14N2O/c1-23(2,3)27-22(26)24-21(19-15-8-5-9-16-19)20(25)17-11-10-14-18-12-6-4-7-13-18;1-7-5-4-6-8(2)10(7)12-11-9(3)13/h4-9,12-13,15-16,20-21,25H,10-11,14,17H2,1-3H3,(H,24,26);4-6,12H,1-3H3,(H,11,13). The number of hydrazine groups is 1. The summed E-state index contributed by atoms with van der Waals surface area (Å²) >= 11 is 0. The summed E-state index contributed by atoms with van der Waals surface area (Å²) in [5.41, 5.74) is 10.2. The van der Waals surface area contributed by atoms with E-state index in [1.807, 2.05) is 101 Å². The van der Waals surface area contributed by atoms with Crippen molar-refractivity contribution >= 4 is 17.7 Å². The molecule has 7 heteroatoms. The van der Waals surface area contributed by atoms with Gasteiger partial charge in [0.05, 0.1) is 17.8 Å². The molecule has 2 amide bonds. The molecule has 0 saturated carbocycles. The third-order valence-electron chi connectivity index (χ3n) is 6.12. The van der Waals surface area contributed by atoms with Gasteiger partial charge in [0.15, 0.2) is 0 Å². The summed E-state index contributed by atoms with van der Waals surface area (Å²) in [6.07, 6.45) is 2.30. The zero-order valence-corrected chi connectivity index (χ0v) is 24.7. The Balaban J connectivity index is 0.000000360. The molecule has 0 aliphatic carbocycles. The van der Waals surface area contributed by atoms with Gasteiger partial charge in [0, 0.05) is 6.92 Å². The van der Waals surface area contributed by atoms with E-state index in [4.69, 9.17) is 4.74 Å². The Hall–Kier alpha value is -3.84. The van der Waals surface area contributed by atoms with Gasteiger partial charge in [-0.1, -0.05) is 85.3 Å². The maximum atomic E-state index is 12.2. The molecular weight excluding hydrogens is 502 g/mol. The van der Waals surface area contributed by atoms with Crippen LogP contribution in [0, 0.1) is 13.8 Å².